The summed E-state index contributed by atoms with van der Waals surface area (Å²) in [4.78, 5) is 22.8. The van der Waals surface area contributed by atoms with Crippen LogP contribution in [0.5, 0.6) is 0 Å². The largest absolute Gasteiger partial charge is 0.412 e. The summed E-state index contributed by atoms with van der Waals surface area (Å²) in [6.45, 7) is 3.77. The molecule has 0 spiro atoms. The van der Waals surface area contributed by atoms with Gasteiger partial charge in [-0.25, -0.2) is 4.79 Å². The first kappa shape index (κ1) is 13.2. The molecule has 1 atom stereocenters. The Morgan fingerprint density at radius 3 is 2.18 bits per heavy atom. The highest BCUT2D eigenvalue weighted by atomic mass is 16.2. The van der Waals surface area contributed by atoms with Gasteiger partial charge in [-0.15, -0.1) is 0 Å². The summed E-state index contributed by atoms with van der Waals surface area (Å²) < 4.78 is 0. The van der Waals surface area contributed by atoms with E-state index in [4.69, 9.17) is 0 Å². The average Bonchev–Trinajstić information content (AvgIpc) is 2.54. The summed E-state index contributed by atoms with van der Waals surface area (Å²) in [7, 11) is 0. The van der Waals surface area contributed by atoms with E-state index in [1.807, 2.05) is 24.3 Å². The molecule has 1 aromatic rings. The number of urea groups is 1. The fourth-order valence-corrected chi connectivity index (χ4v) is 1.82. The third-order valence-electron chi connectivity index (χ3n) is 2.98. The Hall–Kier alpha value is -1.88. The molecule has 1 heterocycles. The molecule has 1 aliphatic heterocycles. The minimum atomic E-state index is -0.941. The van der Waals surface area contributed by atoms with E-state index in [1.165, 1.54) is 5.56 Å². The molecule has 4 N–H and O–H groups in total. The van der Waals surface area contributed by atoms with Crippen molar-refractivity contribution >= 4 is 11.9 Å². The maximum atomic E-state index is 11.7. The van der Waals surface area contributed by atoms with Crippen LogP contribution in [0.1, 0.15) is 25.0 Å². The van der Waals surface area contributed by atoms with Crippen LogP contribution < -0.4 is 10.6 Å². The topological polar surface area (TPSA) is 89.7 Å². The predicted molar refractivity (Wildman–Crippen MR) is 63.5 cm³/mol. The van der Waals surface area contributed by atoms with Crippen LogP contribution in [-0.2, 0) is 16.8 Å². The van der Waals surface area contributed by atoms with E-state index in [-0.39, 0.29) is 11.4 Å². The molecule has 3 amide bonds. The number of rotatable bonds is 2. The van der Waals surface area contributed by atoms with Crippen molar-refractivity contribution in [1.29, 1.82) is 0 Å². The van der Waals surface area contributed by atoms with E-state index in [0.29, 0.717) is 0 Å². The highest BCUT2D eigenvalue weighted by molar-refractivity contribution is 6.07. The Labute approximate surface area is 99.5 Å². The van der Waals surface area contributed by atoms with Crippen molar-refractivity contribution < 1.29 is 15.1 Å². The smallest absolute Gasteiger partial charge is 0.322 e. The van der Waals surface area contributed by atoms with E-state index in [1.54, 1.807) is 6.92 Å². The van der Waals surface area contributed by atoms with Gasteiger partial charge in [-0.2, -0.15) is 0 Å². The Kier molecular flexibility index (Phi) is 3.53. The van der Waals surface area contributed by atoms with Gasteiger partial charge in [0.2, 0.25) is 0 Å². The zero-order valence-corrected chi connectivity index (χ0v) is 9.83. The van der Waals surface area contributed by atoms with Crippen molar-refractivity contribution in [1.82, 2.24) is 10.6 Å². The molecule has 0 radical (unpaired) electrons. The number of carbonyl (C=O) groups excluding carboxylic acids is 2. The van der Waals surface area contributed by atoms with Crippen molar-refractivity contribution in [3.8, 4) is 0 Å². The third-order valence-corrected chi connectivity index (χ3v) is 2.98. The van der Waals surface area contributed by atoms with E-state index in [2.05, 4.69) is 17.6 Å². The van der Waals surface area contributed by atoms with Crippen molar-refractivity contribution in [3.63, 3.8) is 0 Å². The molecule has 0 aromatic heterocycles. The van der Waals surface area contributed by atoms with Crippen LogP contribution >= 0.6 is 0 Å². The van der Waals surface area contributed by atoms with Gasteiger partial charge in [0.05, 0.1) is 0 Å². The lowest BCUT2D eigenvalue weighted by Gasteiger charge is -2.21. The quantitative estimate of drug-likeness (QED) is 0.731. The number of benzene rings is 1. The highest BCUT2D eigenvalue weighted by Crippen LogP contribution is 2.24. The minimum Gasteiger partial charge on any atom is -0.412 e. The van der Waals surface area contributed by atoms with Gasteiger partial charge in [0, 0.05) is 0 Å². The molecule has 92 valence electrons. The Bertz CT molecular complexity index is 442. The second-order valence-electron chi connectivity index (χ2n) is 4.08. The Morgan fingerprint density at radius 2 is 1.76 bits per heavy atom. The Morgan fingerprint density at radius 1 is 1.18 bits per heavy atom. The molecule has 17 heavy (non-hydrogen) atoms. The molecule has 0 unspecified atom stereocenters. The van der Waals surface area contributed by atoms with Crippen LogP contribution in [0.15, 0.2) is 24.3 Å². The van der Waals surface area contributed by atoms with E-state index in [9.17, 15) is 9.59 Å². The van der Waals surface area contributed by atoms with Crippen LogP contribution in [0.25, 0.3) is 0 Å². The second-order valence-corrected chi connectivity index (χ2v) is 4.08. The lowest BCUT2D eigenvalue weighted by atomic mass is 9.91. The molecule has 2 rings (SSSR count). The van der Waals surface area contributed by atoms with Gasteiger partial charge in [0.1, 0.15) is 5.54 Å². The number of amides is 3. The molecule has 1 fully saturated rings. The SMILES string of the molecule is CCc1ccc([C@]2(C)NC(=O)NC2=O)cc1.O. The van der Waals surface area contributed by atoms with Crippen LogP contribution in [0, 0.1) is 0 Å². The molecular weight excluding hydrogens is 220 g/mol. The molecule has 0 aliphatic carbocycles. The van der Waals surface area contributed by atoms with Gasteiger partial charge in [0.15, 0.2) is 0 Å². The summed E-state index contributed by atoms with van der Waals surface area (Å²) in [6.07, 6.45) is 0.954. The van der Waals surface area contributed by atoms with Gasteiger partial charge in [-0.3, -0.25) is 10.1 Å². The molecule has 1 aromatic carbocycles. The van der Waals surface area contributed by atoms with Gasteiger partial charge in [-0.05, 0) is 24.5 Å². The molecule has 5 nitrogen and oxygen atoms in total. The lowest BCUT2D eigenvalue weighted by molar-refractivity contribution is -0.123. The van der Waals surface area contributed by atoms with Crippen LogP contribution in [0.4, 0.5) is 4.79 Å². The maximum Gasteiger partial charge on any atom is 0.322 e. The molecule has 1 aliphatic rings. The monoisotopic (exact) mass is 236 g/mol. The van der Waals surface area contributed by atoms with E-state index < -0.39 is 11.6 Å². The first-order valence-corrected chi connectivity index (χ1v) is 5.29. The first-order valence-electron chi connectivity index (χ1n) is 5.29. The second kappa shape index (κ2) is 4.55. The zero-order chi connectivity index (χ0) is 11.8. The minimum absolute atomic E-state index is 0. The normalized spacial score (nSPS) is 22.7. The standard InChI is InChI=1S/C12H14N2O2.H2O/c1-3-8-4-6-9(7-5-8)12(2)10(15)13-11(16)14-12;/h4-7H,3H2,1-2H3,(H2,13,14,15,16);1H2/t12-;/m0./s1. The molecule has 5 heteroatoms. The van der Waals surface area contributed by atoms with Crippen molar-refractivity contribution in [2.45, 2.75) is 25.8 Å². The molecule has 0 saturated carbocycles. The van der Waals surface area contributed by atoms with Gasteiger partial charge in [-0.1, -0.05) is 31.2 Å². The number of aryl methyl sites for hydroxylation is 1. The Balaban J connectivity index is 0.00000144. The van der Waals surface area contributed by atoms with Crippen LogP contribution in [-0.4, -0.2) is 17.4 Å². The van der Waals surface area contributed by atoms with Gasteiger partial charge < -0.3 is 10.8 Å². The molecule has 1 saturated heterocycles. The number of hydrogen-bond acceptors (Lipinski definition) is 2. The predicted octanol–water partition coefficient (Wildman–Crippen LogP) is 0.479. The van der Waals surface area contributed by atoms with Crippen LogP contribution in [0.3, 0.4) is 0 Å². The fraction of sp³-hybridized carbons (Fsp3) is 0.333. The molecular formula is C12H16N2O3. The fourth-order valence-electron chi connectivity index (χ4n) is 1.82. The summed E-state index contributed by atoms with van der Waals surface area (Å²) >= 11 is 0. The number of hydrogen-bond donors (Lipinski definition) is 2. The summed E-state index contributed by atoms with van der Waals surface area (Å²) in [5.41, 5.74) is 1.06. The summed E-state index contributed by atoms with van der Waals surface area (Å²) in [5.74, 6) is -0.304. The van der Waals surface area contributed by atoms with Crippen molar-refractivity contribution in [2.24, 2.45) is 0 Å². The maximum absolute atomic E-state index is 11.7. The highest BCUT2D eigenvalue weighted by Gasteiger charge is 2.43. The third kappa shape index (κ3) is 2.14. The first-order chi connectivity index (χ1) is 7.56. The van der Waals surface area contributed by atoms with E-state index >= 15 is 0 Å². The molecule has 0 bridgehead atoms. The van der Waals surface area contributed by atoms with Crippen molar-refractivity contribution in [2.75, 3.05) is 0 Å². The van der Waals surface area contributed by atoms with E-state index in [0.717, 1.165) is 12.0 Å². The van der Waals surface area contributed by atoms with Gasteiger partial charge >= 0.3 is 6.03 Å². The lowest BCUT2D eigenvalue weighted by Crippen LogP contribution is -2.40. The average molecular weight is 236 g/mol. The summed E-state index contributed by atoms with van der Waals surface area (Å²) in [5, 5.41) is 4.88. The van der Waals surface area contributed by atoms with Crippen LogP contribution in [0.2, 0.25) is 0 Å². The summed E-state index contributed by atoms with van der Waals surface area (Å²) in [6, 6.07) is 7.26. The zero-order valence-electron chi connectivity index (χ0n) is 9.83. The van der Waals surface area contributed by atoms with Gasteiger partial charge in [0.25, 0.3) is 5.91 Å². The van der Waals surface area contributed by atoms with Crippen molar-refractivity contribution in [3.05, 3.63) is 35.4 Å². The number of carbonyl (C=O) groups is 2. The number of imide groups is 1. The number of nitrogens with one attached hydrogen (secondary N) is 2.